The van der Waals surface area contributed by atoms with E-state index >= 15 is 0 Å². The molecular weight excluding hydrogens is 260 g/mol. The molecule has 4 heteroatoms. The van der Waals surface area contributed by atoms with Gasteiger partial charge in [-0.25, -0.2) is 8.78 Å². The summed E-state index contributed by atoms with van der Waals surface area (Å²) in [6, 6.07) is 2.81. The lowest BCUT2D eigenvalue weighted by molar-refractivity contribution is 0.483. The summed E-state index contributed by atoms with van der Waals surface area (Å²) >= 11 is 0. The van der Waals surface area contributed by atoms with Crippen molar-refractivity contribution < 1.29 is 13.2 Å². The number of hydrogen-bond donors (Lipinski definition) is 1. The summed E-state index contributed by atoms with van der Waals surface area (Å²) in [5, 5.41) is 3.94. The summed E-state index contributed by atoms with van der Waals surface area (Å²) in [6.07, 6.45) is 3.13. The van der Waals surface area contributed by atoms with Crippen LogP contribution < -0.4 is 5.32 Å². The van der Waals surface area contributed by atoms with Crippen LogP contribution in [0.2, 0.25) is 0 Å². The van der Waals surface area contributed by atoms with E-state index in [4.69, 9.17) is 4.42 Å². The molecule has 1 aromatic carbocycles. The van der Waals surface area contributed by atoms with Crippen LogP contribution in [-0.2, 0) is 13.0 Å². The van der Waals surface area contributed by atoms with E-state index in [1.807, 2.05) is 0 Å². The number of fused-ring (bicyclic) bond motifs is 1. The van der Waals surface area contributed by atoms with Crippen LogP contribution >= 0.6 is 0 Å². The lowest BCUT2D eigenvalue weighted by atomic mass is 9.99. The lowest BCUT2D eigenvalue weighted by Gasteiger charge is -2.07. The molecule has 108 valence electrons. The fourth-order valence-electron chi connectivity index (χ4n) is 2.52. The molecule has 20 heavy (non-hydrogen) atoms. The molecule has 1 N–H and O–H groups in total. The average molecular weight is 279 g/mol. The highest BCUT2D eigenvalue weighted by atomic mass is 19.1. The Morgan fingerprint density at radius 2 is 2.05 bits per heavy atom. The molecule has 2 aromatic rings. The third kappa shape index (κ3) is 2.70. The van der Waals surface area contributed by atoms with Crippen LogP contribution in [-0.4, -0.2) is 6.04 Å². The minimum absolute atomic E-state index is 0.176. The molecule has 1 aliphatic rings. The molecule has 0 spiro atoms. The zero-order valence-corrected chi connectivity index (χ0v) is 11.8. The van der Waals surface area contributed by atoms with E-state index in [1.54, 1.807) is 0 Å². The molecule has 1 heterocycles. The molecule has 1 fully saturated rings. The highest BCUT2D eigenvalue weighted by molar-refractivity contribution is 5.83. The third-order valence-corrected chi connectivity index (χ3v) is 3.64. The summed E-state index contributed by atoms with van der Waals surface area (Å²) in [7, 11) is 0. The Labute approximate surface area is 117 Å². The van der Waals surface area contributed by atoms with Gasteiger partial charge in [0, 0.05) is 23.1 Å². The van der Waals surface area contributed by atoms with Crippen LogP contribution in [0.3, 0.4) is 0 Å². The van der Waals surface area contributed by atoms with E-state index in [-0.39, 0.29) is 5.58 Å². The molecule has 0 unspecified atom stereocenters. The molecule has 1 aliphatic carbocycles. The van der Waals surface area contributed by atoms with Crippen molar-refractivity contribution in [1.82, 2.24) is 5.32 Å². The van der Waals surface area contributed by atoms with Crippen molar-refractivity contribution in [3.05, 3.63) is 35.1 Å². The normalized spacial score (nSPS) is 15.4. The van der Waals surface area contributed by atoms with Crippen LogP contribution in [0.4, 0.5) is 8.78 Å². The second-order valence-corrected chi connectivity index (χ2v) is 6.02. The number of furan rings is 1. The van der Waals surface area contributed by atoms with Crippen LogP contribution in [0.15, 0.2) is 16.5 Å². The Bertz CT molecular complexity index is 629. The van der Waals surface area contributed by atoms with Crippen molar-refractivity contribution in [2.75, 3.05) is 0 Å². The van der Waals surface area contributed by atoms with Gasteiger partial charge in [0.25, 0.3) is 0 Å². The second-order valence-electron chi connectivity index (χ2n) is 6.02. The molecule has 0 amide bonds. The van der Waals surface area contributed by atoms with Crippen molar-refractivity contribution in [1.29, 1.82) is 0 Å². The minimum Gasteiger partial charge on any atom is -0.456 e. The van der Waals surface area contributed by atoms with Gasteiger partial charge in [0.1, 0.15) is 11.6 Å². The van der Waals surface area contributed by atoms with Gasteiger partial charge < -0.3 is 9.73 Å². The molecule has 0 saturated heterocycles. The quantitative estimate of drug-likeness (QED) is 0.889. The first kappa shape index (κ1) is 13.6. The molecule has 0 bridgehead atoms. The van der Waals surface area contributed by atoms with Gasteiger partial charge in [-0.1, -0.05) is 13.8 Å². The maximum Gasteiger partial charge on any atom is 0.170 e. The monoisotopic (exact) mass is 279 g/mol. The Hall–Kier alpha value is -1.42. The average Bonchev–Trinajstić information content (AvgIpc) is 3.12. The Morgan fingerprint density at radius 3 is 2.70 bits per heavy atom. The van der Waals surface area contributed by atoms with Crippen molar-refractivity contribution in [2.45, 2.75) is 45.7 Å². The minimum atomic E-state index is -0.623. The number of halogens is 2. The molecule has 1 saturated carbocycles. The first-order valence-corrected chi connectivity index (χ1v) is 7.17. The van der Waals surface area contributed by atoms with Gasteiger partial charge in [0.2, 0.25) is 0 Å². The van der Waals surface area contributed by atoms with E-state index in [0.29, 0.717) is 23.9 Å². The summed E-state index contributed by atoms with van der Waals surface area (Å²) in [5.74, 6) is -0.0305. The van der Waals surface area contributed by atoms with Gasteiger partial charge in [-0.3, -0.25) is 0 Å². The molecule has 1 aromatic heterocycles. The van der Waals surface area contributed by atoms with Crippen molar-refractivity contribution in [3.63, 3.8) is 0 Å². The van der Waals surface area contributed by atoms with E-state index < -0.39 is 11.6 Å². The van der Waals surface area contributed by atoms with Gasteiger partial charge in [-0.05, 0) is 31.2 Å². The number of nitrogens with one attached hydrogen (secondary N) is 1. The Balaban J connectivity index is 2.03. The molecule has 0 radical (unpaired) electrons. The molecule has 2 nitrogen and oxygen atoms in total. The van der Waals surface area contributed by atoms with Gasteiger partial charge >= 0.3 is 0 Å². The highest BCUT2D eigenvalue weighted by Crippen LogP contribution is 2.31. The first-order valence-electron chi connectivity index (χ1n) is 7.17. The predicted octanol–water partition coefficient (Wildman–Crippen LogP) is 4.16. The van der Waals surface area contributed by atoms with Crippen LogP contribution in [0.25, 0.3) is 11.0 Å². The van der Waals surface area contributed by atoms with Crippen LogP contribution in [0, 0.1) is 17.6 Å². The number of hydrogen-bond acceptors (Lipinski definition) is 2. The van der Waals surface area contributed by atoms with E-state index in [1.165, 1.54) is 18.9 Å². The summed E-state index contributed by atoms with van der Waals surface area (Å²) < 4.78 is 32.9. The summed E-state index contributed by atoms with van der Waals surface area (Å²) in [4.78, 5) is 0. The van der Waals surface area contributed by atoms with Gasteiger partial charge in [0.15, 0.2) is 11.4 Å². The lowest BCUT2D eigenvalue weighted by Crippen LogP contribution is -2.16. The summed E-state index contributed by atoms with van der Waals surface area (Å²) in [6.45, 7) is 4.77. The SMILES string of the molecule is CC(C)Cc1c(CNC2CC2)oc2c(F)cc(F)cc12. The molecule has 3 rings (SSSR count). The maximum absolute atomic E-state index is 13.8. The predicted molar refractivity (Wildman–Crippen MR) is 74.5 cm³/mol. The van der Waals surface area contributed by atoms with Crippen LogP contribution in [0.1, 0.15) is 38.0 Å². The van der Waals surface area contributed by atoms with Gasteiger partial charge in [-0.15, -0.1) is 0 Å². The van der Waals surface area contributed by atoms with Crippen LogP contribution in [0.5, 0.6) is 0 Å². The third-order valence-electron chi connectivity index (χ3n) is 3.64. The molecular formula is C16H19F2NO. The number of benzene rings is 1. The maximum atomic E-state index is 13.8. The summed E-state index contributed by atoms with van der Waals surface area (Å²) in [5.41, 5.74) is 1.11. The largest absolute Gasteiger partial charge is 0.456 e. The molecule has 0 aliphatic heterocycles. The fourth-order valence-corrected chi connectivity index (χ4v) is 2.52. The standard InChI is InChI=1S/C16H19F2NO/c1-9(2)5-12-13-6-10(17)7-14(18)16(13)20-15(12)8-19-11-3-4-11/h6-7,9,11,19H,3-5,8H2,1-2H3. The zero-order chi connectivity index (χ0) is 14.3. The van der Waals surface area contributed by atoms with E-state index in [0.717, 1.165) is 23.8 Å². The number of rotatable bonds is 5. The van der Waals surface area contributed by atoms with E-state index in [9.17, 15) is 8.78 Å². The van der Waals surface area contributed by atoms with E-state index in [2.05, 4.69) is 19.2 Å². The molecule has 0 atom stereocenters. The van der Waals surface area contributed by atoms with Crippen molar-refractivity contribution in [2.24, 2.45) is 5.92 Å². The topological polar surface area (TPSA) is 25.2 Å². The fraction of sp³-hybridized carbons (Fsp3) is 0.500. The highest BCUT2D eigenvalue weighted by Gasteiger charge is 2.23. The van der Waals surface area contributed by atoms with Crippen molar-refractivity contribution in [3.8, 4) is 0 Å². The zero-order valence-electron chi connectivity index (χ0n) is 11.8. The first-order chi connectivity index (χ1) is 9.54. The van der Waals surface area contributed by atoms with Gasteiger partial charge in [-0.2, -0.15) is 0 Å². The Morgan fingerprint density at radius 1 is 1.30 bits per heavy atom. The van der Waals surface area contributed by atoms with Crippen molar-refractivity contribution >= 4 is 11.0 Å². The van der Waals surface area contributed by atoms with Gasteiger partial charge in [0.05, 0.1) is 6.54 Å². The Kier molecular flexibility index (Phi) is 3.50. The smallest absolute Gasteiger partial charge is 0.170 e. The second kappa shape index (κ2) is 5.17.